The SMILES string of the molecule is CN[C@H](C)c1ccc([N+](=O)[O-])c(C(F)(F)F)c1. The molecular weight excluding hydrogens is 237 g/mol. The third kappa shape index (κ3) is 2.94. The number of nitro groups is 1. The van der Waals surface area contributed by atoms with Crippen LogP contribution in [-0.2, 0) is 6.18 Å². The lowest BCUT2D eigenvalue weighted by molar-refractivity contribution is -0.388. The Bertz CT molecular complexity index is 432. The van der Waals surface area contributed by atoms with E-state index in [9.17, 15) is 23.3 Å². The van der Waals surface area contributed by atoms with Gasteiger partial charge in [0.15, 0.2) is 0 Å². The van der Waals surface area contributed by atoms with Crippen molar-refractivity contribution in [1.29, 1.82) is 0 Å². The van der Waals surface area contributed by atoms with Gasteiger partial charge in [0.25, 0.3) is 5.69 Å². The minimum atomic E-state index is -4.73. The van der Waals surface area contributed by atoms with Gasteiger partial charge in [-0.1, -0.05) is 6.07 Å². The van der Waals surface area contributed by atoms with E-state index in [4.69, 9.17) is 0 Å². The highest BCUT2D eigenvalue weighted by Crippen LogP contribution is 2.37. The summed E-state index contributed by atoms with van der Waals surface area (Å²) >= 11 is 0. The number of nitro benzene ring substituents is 1. The molecule has 1 N–H and O–H groups in total. The molecule has 0 saturated heterocycles. The van der Waals surface area contributed by atoms with Crippen LogP contribution >= 0.6 is 0 Å². The van der Waals surface area contributed by atoms with E-state index in [1.807, 2.05) is 0 Å². The summed E-state index contributed by atoms with van der Waals surface area (Å²) in [5.74, 6) is 0. The fourth-order valence-electron chi connectivity index (χ4n) is 1.38. The average molecular weight is 248 g/mol. The number of rotatable bonds is 3. The van der Waals surface area contributed by atoms with E-state index in [1.165, 1.54) is 6.07 Å². The predicted molar refractivity (Wildman–Crippen MR) is 55.6 cm³/mol. The number of hydrogen-bond donors (Lipinski definition) is 1. The summed E-state index contributed by atoms with van der Waals surface area (Å²) in [6.07, 6.45) is -4.73. The topological polar surface area (TPSA) is 55.2 Å². The van der Waals surface area contributed by atoms with Crippen molar-refractivity contribution in [3.05, 3.63) is 39.4 Å². The van der Waals surface area contributed by atoms with Gasteiger partial charge >= 0.3 is 6.18 Å². The summed E-state index contributed by atoms with van der Waals surface area (Å²) in [7, 11) is 1.60. The van der Waals surface area contributed by atoms with Gasteiger partial charge < -0.3 is 5.32 Å². The molecule has 0 heterocycles. The van der Waals surface area contributed by atoms with Crippen LogP contribution in [0.3, 0.4) is 0 Å². The molecule has 0 aliphatic carbocycles. The maximum atomic E-state index is 12.6. The molecule has 0 aliphatic heterocycles. The largest absolute Gasteiger partial charge is 0.423 e. The summed E-state index contributed by atoms with van der Waals surface area (Å²) in [5.41, 5.74) is -1.79. The molecule has 0 saturated carbocycles. The third-order valence-electron chi connectivity index (χ3n) is 2.46. The van der Waals surface area contributed by atoms with Crippen LogP contribution in [-0.4, -0.2) is 12.0 Å². The molecule has 17 heavy (non-hydrogen) atoms. The van der Waals surface area contributed by atoms with E-state index < -0.39 is 22.4 Å². The molecular formula is C10H11F3N2O2. The van der Waals surface area contributed by atoms with E-state index in [0.29, 0.717) is 5.56 Å². The van der Waals surface area contributed by atoms with E-state index in [0.717, 1.165) is 12.1 Å². The van der Waals surface area contributed by atoms with Gasteiger partial charge in [0.1, 0.15) is 5.56 Å². The number of alkyl halides is 3. The molecule has 1 aromatic rings. The Morgan fingerprint density at radius 3 is 2.41 bits per heavy atom. The lowest BCUT2D eigenvalue weighted by Crippen LogP contribution is -2.15. The number of halogens is 3. The van der Waals surface area contributed by atoms with Crippen LogP contribution in [0.15, 0.2) is 18.2 Å². The monoisotopic (exact) mass is 248 g/mol. The lowest BCUT2D eigenvalue weighted by Gasteiger charge is -2.13. The Kier molecular flexibility index (Phi) is 3.72. The molecule has 94 valence electrons. The molecule has 0 fully saturated rings. The van der Waals surface area contributed by atoms with Crippen LogP contribution in [0, 0.1) is 10.1 Å². The standard InChI is InChI=1S/C10H11F3N2O2/c1-6(14-2)7-3-4-9(15(16)17)8(5-7)10(11,12)13/h3-6,14H,1-2H3/t6-/m1/s1. The molecule has 0 bridgehead atoms. The van der Waals surface area contributed by atoms with E-state index >= 15 is 0 Å². The first-order valence-corrected chi connectivity index (χ1v) is 4.80. The fourth-order valence-corrected chi connectivity index (χ4v) is 1.38. The van der Waals surface area contributed by atoms with Gasteiger partial charge in [0, 0.05) is 12.1 Å². The third-order valence-corrected chi connectivity index (χ3v) is 2.46. The van der Waals surface area contributed by atoms with Crippen molar-refractivity contribution < 1.29 is 18.1 Å². The average Bonchev–Trinajstić information content (AvgIpc) is 2.25. The lowest BCUT2D eigenvalue weighted by atomic mass is 10.0. The quantitative estimate of drug-likeness (QED) is 0.661. The van der Waals surface area contributed by atoms with E-state index in [-0.39, 0.29) is 6.04 Å². The van der Waals surface area contributed by atoms with Gasteiger partial charge in [-0.25, -0.2) is 0 Å². The normalized spacial score (nSPS) is 13.5. The molecule has 1 atom stereocenters. The van der Waals surface area contributed by atoms with Gasteiger partial charge in [-0.15, -0.1) is 0 Å². The highest BCUT2D eigenvalue weighted by atomic mass is 19.4. The van der Waals surface area contributed by atoms with Gasteiger partial charge in [0.2, 0.25) is 0 Å². The van der Waals surface area contributed by atoms with Crippen molar-refractivity contribution in [2.45, 2.75) is 19.1 Å². The Morgan fingerprint density at radius 2 is 2.00 bits per heavy atom. The van der Waals surface area contributed by atoms with Crippen LogP contribution in [0.5, 0.6) is 0 Å². The van der Waals surface area contributed by atoms with Crippen molar-refractivity contribution in [3.63, 3.8) is 0 Å². The van der Waals surface area contributed by atoms with Crippen molar-refractivity contribution in [2.75, 3.05) is 7.05 Å². The molecule has 0 aliphatic rings. The van der Waals surface area contributed by atoms with E-state index in [1.54, 1.807) is 14.0 Å². The zero-order valence-corrected chi connectivity index (χ0v) is 9.21. The van der Waals surface area contributed by atoms with Gasteiger partial charge in [-0.2, -0.15) is 13.2 Å². The van der Waals surface area contributed by atoms with Gasteiger partial charge in [0.05, 0.1) is 4.92 Å². The Balaban J connectivity index is 3.35. The number of benzene rings is 1. The number of hydrogen-bond acceptors (Lipinski definition) is 3. The van der Waals surface area contributed by atoms with Crippen molar-refractivity contribution >= 4 is 5.69 Å². The first-order chi connectivity index (χ1) is 7.77. The molecule has 7 heteroatoms. The molecule has 4 nitrogen and oxygen atoms in total. The summed E-state index contributed by atoms with van der Waals surface area (Å²) in [5, 5.41) is 13.3. The van der Waals surface area contributed by atoms with Gasteiger partial charge in [-0.3, -0.25) is 10.1 Å². The summed E-state index contributed by atoms with van der Waals surface area (Å²) in [6.45, 7) is 1.67. The second-order valence-corrected chi connectivity index (χ2v) is 3.54. The zero-order chi connectivity index (χ0) is 13.2. The summed E-state index contributed by atoms with van der Waals surface area (Å²) < 4.78 is 37.9. The molecule has 1 aromatic carbocycles. The maximum Gasteiger partial charge on any atom is 0.423 e. The number of nitrogens with one attached hydrogen (secondary N) is 1. The Labute approximate surface area is 95.6 Å². The first-order valence-electron chi connectivity index (χ1n) is 4.80. The predicted octanol–water partition coefficient (Wildman–Crippen LogP) is 2.89. The highest BCUT2D eigenvalue weighted by Gasteiger charge is 2.38. The Hall–Kier alpha value is -1.63. The molecule has 0 aromatic heterocycles. The molecule has 0 unspecified atom stereocenters. The van der Waals surface area contributed by atoms with Crippen molar-refractivity contribution in [2.24, 2.45) is 0 Å². The van der Waals surface area contributed by atoms with Crippen LogP contribution in [0.25, 0.3) is 0 Å². The second-order valence-electron chi connectivity index (χ2n) is 3.54. The summed E-state index contributed by atoms with van der Waals surface area (Å²) in [6, 6.07) is 2.69. The first kappa shape index (κ1) is 13.4. The van der Waals surface area contributed by atoms with E-state index in [2.05, 4.69) is 5.32 Å². The minimum Gasteiger partial charge on any atom is -0.313 e. The minimum absolute atomic E-state index is 0.308. The summed E-state index contributed by atoms with van der Waals surface area (Å²) in [4.78, 5) is 9.48. The van der Waals surface area contributed by atoms with Gasteiger partial charge in [-0.05, 0) is 25.6 Å². The highest BCUT2D eigenvalue weighted by molar-refractivity contribution is 5.45. The maximum absolute atomic E-state index is 12.6. The molecule has 1 rings (SSSR count). The van der Waals surface area contributed by atoms with Crippen LogP contribution in [0.2, 0.25) is 0 Å². The Morgan fingerprint density at radius 1 is 1.41 bits per heavy atom. The van der Waals surface area contributed by atoms with Crippen LogP contribution < -0.4 is 5.32 Å². The molecule has 0 radical (unpaired) electrons. The molecule has 0 spiro atoms. The van der Waals surface area contributed by atoms with Crippen LogP contribution in [0.1, 0.15) is 24.1 Å². The van der Waals surface area contributed by atoms with Crippen LogP contribution in [0.4, 0.5) is 18.9 Å². The fraction of sp³-hybridized carbons (Fsp3) is 0.400. The second kappa shape index (κ2) is 4.70. The smallest absolute Gasteiger partial charge is 0.313 e. The number of nitrogens with zero attached hydrogens (tertiary/aromatic N) is 1. The molecule has 0 amide bonds. The van der Waals surface area contributed by atoms with Crippen molar-refractivity contribution in [3.8, 4) is 0 Å². The van der Waals surface area contributed by atoms with Crippen molar-refractivity contribution in [1.82, 2.24) is 5.32 Å². The zero-order valence-electron chi connectivity index (χ0n) is 9.21.